The molecule has 0 unspecified atom stereocenters. The van der Waals surface area contributed by atoms with Gasteiger partial charge in [-0.05, 0) is 70.5 Å². The van der Waals surface area contributed by atoms with Crippen LogP contribution in [0.5, 0.6) is 0 Å². The van der Waals surface area contributed by atoms with Crippen molar-refractivity contribution in [1.29, 1.82) is 0 Å². The predicted molar refractivity (Wildman–Crippen MR) is 121 cm³/mol. The molecular formula is C25H20Br2Cl2N2O8. The third kappa shape index (κ3) is 9.53. The summed E-state index contributed by atoms with van der Waals surface area (Å²) in [5, 5.41) is 0. The molecule has 2 aromatic carbocycles. The first-order valence-corrected chi connectivity index (χ1v) is 15.0. The van der Waals surface area contributed by atoms with Gasteiger partial charge in [-0.1, -0.05) is 44.0 Å². The third-order valence-electron chi connectivity index (χ3n) is 5.87. The van der Waals surface area contributed by atoms with Crippen molar-refractivity contribution in [3.8, 4) is 11.1 Å². The Balaban J connectivity index is 0.000000362. The lowest BCUT2D eigenvalue weighted by Gasteiger charge is -2.33. The van der Waals surface area contributed by atoms with Crippen LogP contribution in [0.3, 0.4) is 0 Å². The van der Waals surface area contributed by atoms with Gasteiger partial charge in [0.2, 0.25) is 0 Å². The Morgan fingerprint density at radius 3 is 1.15 bits per heavy atom. The quantitative estimate of drug-likeness (QED) is 0.204. The smallest absolute Gasteiger partial charge is 0.167 e. The zero-order valence-corrected chi connectivity index (χ0v) is 24.5. The minimum absolute atomic E-state index is 0.138. The van der Waals surface area contributed by atoms with Crippen LogP contribution in [0.4, 0.5) is 0 Å². The number of hydrogen-bond donors (Lipinski definition) is 0. The number of aromatic amines is 2. The van der Waals surface area contributed by atoms with Crippen molar-refractivity contribution in [3.05, 3.63) is 117 Å². The highest BCUT2D eigenvalue weighted by Crippen LogP contribution is 2.53. The predicted octanol–water partition coefficient (Wildman–Crippen LogP) is -3.92. The fourth-order valence-electron chi connectivity index (χ4n) is 4.66. The van der Waals surface area contributed by atoms with E-state index in [1.54, 1.807) is 0 Å². The molecule has 2 heterocycles. The van der Waals surface area contributed by atoms with Crippen LogP contribution in [0.2, 0.25) is 0 Å². The van der Waals surface area contributed by atoms with Gasteiger partial charge in [0.05, 0.1) is 0 Å². The normalized spacial score (nSPS) is 13.3. The van der Waals surface area contributed by atoms with E-state index in [4.69, 9.17) is 37.3 Å². The van der Waals surface area contributed by atoms with Gasteiger partial charge in [0.15, 0.2) is 24.8 Å². The summed E-state index contributed by atoms with van der Waals surface area (Å²) in [6, 6.07) is 22.2. The van der Waals surface area contributed by atoms with Gasteiger partial charge < -0.3 is 0 Å². The number of rotatable bonds is 4. The summed E-state index contributed by atoms with van der Waals surface area (Å²) in [7, 11) is -9.89. The zero-order chi connectivity index (χ0) is 28.8. The minimum Gasteiger partial charge on any atom is -0.222 e. The van der Waals surface area contributed by atoms with E-state index in [2.05, 4.69) is 102 Å². The molecule has 5 rings (SSSR count). The largest absolute Gasteiger partial charge is 0.222 e. The van der Waals surface area contributed by atoms with Gasteiger partial charge in [-0.15, -0.1) is 20.5 Å². The first-order valence-electron chi connectivity index (χ1n) is 10.9. The first-order chi connectivity index (χ1) is 18.2. The molecule has 0 aliphatic heterocycles. The van der Waals surface area contributed by atoms with Crippen molar-refractivity contribution >= 4 is 31.9 Å². The van der Waals surface area contributed by atoms with E-state index in [0.29, 0.717) is 0 Å². The molecule has 39 heavy (non-hydrogen) atoms. The Labute approximate surface area is 244 Å². The third-order valence-corrected chi connectivity index (χ3v) is 6.86. The van der Waals surface area contributed by atoms with E-state index in [0.717, 1.165) is 21.8 Å². The number of hydrogen-bond acceptors (Lipinski definition) is 8. The summed E-state index contributed by atoms with van der Waals surface area (Å²) >= 11 is 7.45. The Morgan fingerprint density at radius 2 is 0.846 bits per heavy atom. The second-order valence-electron chi connectivity index (χ2n) is 8.39. The van der Waals surface area contributed by atoms with Gasteiger partial charge in [0.1, 0.15) is 0 Å². The van der Waals surface area contributed by atoms with Crippen LogP contribution in [0.25, 0.3) is 11.1 Å². The second-order valence-corrected chi connectivity index (χ2v) is 11.7. The topological polar surface area (TPSA) is 213 Å². The molecule has 0 atom stereocenters. The van der Waals surface area contributed by atoms with Crippen LogP contribution in [0.15, 0.2) is 94.4 Å². The summed E-state index contributed by atoms with van der Waals surface area (Å²) in [6.07, 6.45) is 9.93. The lowest BCUT2D eigenvalue weighted by molar-refractivity contribution is -2.00. The lowest BCUT2D eigenvalue weighted by atomic mass is 9.70. The van der Waals surface area contributed by atoms with Crippen LogP contribution in [-0.4, -0.2) is 0 Å². The SMILES string of the molecule is Brc1ccc2c(c1)C(Cc1cc[nH+]cc1)(Cc1cc[nH+]cc1)c1cc(Br)ccc1-2.[O-][Cl+3]([O-])([O-])[O-].[O-][Cl+3]([O-])([O-])[O-]. The Bertz CT molecular complexity index is 1270. The van der Waals surface area contributed by atoms with E-state index in [1.807, 2.05) is 24.8 Å². The number of aromatic nitrogens is 2. The molecule has 0 bridgehead atoms. The highest BCUT2D eigenvalue weighted by Gasteiger charge is 2.43. The summed E-state index contributed by atoms with van der Waals surface area (Å²) < 4.78 is 70.2. The van der Waals surface area contributed by atoms with Crippen LogP contribution in [-0.2, 0) is 18.3 Å². The van der Waals surface area contributed by atoms with E-state index in [1.165, 1.54) is 33.4 Å². The minimum atomic E-state index is -4.94. The fraction of sp³-hybridized carbons (Fsp3) is 0.120. The fourth-order valence-corrected chi connectivity index (χ4v) is 5.38. The monoisotopic (exact) mass is 704 g/mol. The van der Waals surface area contributed by atoms with Gasteiger partial charge in [0.25, 0.3) is 0 Å². The van der Waals surface area contributed by atoms with Gasteiger partial charge in [-0.25, -0.2) is 47.2 Å². The molecule has 1 aliphatic rings. The molecule has 4 aromatic rings. The maximum Gasteiger partial charge on any atom is 0.167 e. The number of nitrogens with one attached hydrogen (secondary N) is 2. The summed E-state index contributed by atoms with van der Waals surface area (Å²) in [5.74, 6) is 0. The summed E-state index contributed by atoms with van der Waals surface area (Å²) in [5.41, 5.74) is 7.96. The molecule has 0 spiro atoms. The van der Waals surface area contributed by atoms with Crippen LogP contribution >= 0.6 is 31.9 Å². The number of halogens is 4. The molecule has 206 valence electrons. The maximum absolute atomic E-state index is 8.49. The van der Waals surface area contributed by atoms with Gasteiger partial charge in [-0.2, -0.15) is 0 Å². The van der Waals surface area contributed by atoms with Crippen molar-refractivity contribution in [2.75, 3.05) is 0 Å². The average molecular weight is 707 g/mol. The number of H-pyrrole nitrogens is 2. The van der Waals surface area contributed by atoms with E-state index >= 15 is 0 Å². The molecule has 10 nitrogen and oxygen atoms in total. The molecule has 2 aromatic heterocycles. The van der Waals surface area contributed by atoms with Crippen LogP contribution in [0.1, 0.15) is 22.3 Å². The van der Waals surface area contributed by atoms with Gasteiger partial charge in [-0.3, -0.25) is 0 Å². The van der Waals surface area contributed by atoms with Crippen LogP contribution in [0, 0.1) is 20.5 Å². The van der Waals surface area contributed by atoms with Crippen molar-refractivity contribution in [2.45, 2.75) is 18.3 Å². The maximum atomic E-state index is 8.49. The van der Waals surface area contributed by atoms with E-state index in [9.17, 15) is 0 Å². The standard InChI is InChI=1S/C25H18Br2N2.2ClHO4/c26-19-1-3-21-22-4-2-20(27)14-24(22)25(23(21)13-19,15-17-5-9-28-10-6-17)16-18-7-11-29-12-8-18;2*2-1(3,4)5/h1-14H,15-16H2;2*(H,2,3,4,5). The van der Waals surface area contributed by atoms with Crippen molar-refractivity contribution in [1.82, 2.24) is 0 Å². The Morgan fingerprint density at radius 1 is 0.538 bits per heavy atom. The van der Waals surface area contributed by atoms with Crippen molar-refractivity contribution < 1.29 is 67.7 Å². The second kappa shape index (κ2) is 13.1. The molecular weight excluding hydrogens is 687 g/mol. The number of pyridine rings is 2. The molecule has 0 amide bonds. The number of benzene rings is 2. The van der Waals surface area contributed by atoms with Gasteiger partial charge in [0, 0.05) is 38.6 Å². The molecule has 0 saturated heterocycles. The zero-order valence-electron chi connectivity index (χ0n) is 19.8. The summed E-state index contributed by atoms with van der Waals surface area (Å²) in [4.78, 5) is 6.31. The highest BCUT2D eigenvalue weighted by molar-refractivity contribution is 9.10. The Hall–Kier alpha value is -2.04. The van der Waals surface area contributed by atoms with Crippen LogP contribution < -0.4 is 47.2 Å². The average Bonchev–Trinajstić information content (AvgIpc) is 3.06. The molecule has 0 radical (unpaired) electrons. The molecule has 14 heteroatoms. The molecule has 0 saturated carbocycles. The molecule has 0 fully saturated rings. The van der Waals surface area contributed by atoms with Gasteiger partial charge >= 0.3 is 0 Å². The Kier molecular flexibility index (Phi) is 10.6. The van der Waals surface area contributed by atoms with Crippen molar-refractivity contribution in [2.24, 2.45) is 0 Å². The highest BCUT2D eigenvalue weighted by atomic mass is 79.9. The first kappa shape index (κ1) is 31.5. The molecule has 2 N–H and O–H groups in total. The summed E-state index contributed by atoms with van der Waals surface area (Å²) in [6.45, 7) is 0. The number of fused-ring (bicyclic) bond motifs is 3. The molecule has 1 aliphatic carbocycles. The van der Waals surface area contributed by atoms with E-state index in [-0.39, 0.29) is 5.41 Å². The van der Waals surface area contributed by atoms with E-state index < -0.39 is 20.5 Å². The van der Waals surface area contributed by atoms with Crippen molar-refractivity contribution in [3.63, 3.8) is 0 Å². The lowest BCUT2D eigenvalue weighted by Crippen LogP contribution is -2.68.